The fraction of sp³-hybridized carbons (Fsp3) is 0.500. The second-order valence-electron chi connectivity index (χ2n) is 3.65. The van der Waals surface area contributed by atoms with Gasteiger partial charge in [-0.25, -0.2) is 8.78 Å². The number of halogens is 2. The topological polar surface area (TPSA) is 12.0 Å². The number of benzene rings is 1. The highest BCUT2D eigenvalue weighted by Gasteiger charge is 2.11. The molecule has 0 bridgehead atoms. The van der Waals surface area contributed by atoms with E-state index in [1.54, 1.807) is 11.8 Å². The highest BCUT2D eigenvalue weighted by atomic mass is 32.2. The van der Waals surface area contributed by atoms with Crippen molar-refractivity contribution in [2.75, 3.05) is 18.6 Å². The summed E-state index contributed by atoms with van der Waals surface area (Å²) in [4.78, 5) is 0. The number of rotatable bonds is 6. The maximum atomic E-state index is 13.4. The zero-order valence-corrected chi connectivity index (χ0v) is 10.4. The van der Waals surface area contributed by atoms with Gasteiger partial charge in [0.15, 0.2) is 0 Å². The van der Waals surface area contributed by atoms with Gasteiger partial charge in [0, 0.05) is 11.8 Å². The predicted molar refractivity (Wildman–Crippen MR) is 65.9 cm³/mol. The van der Waals surface area contributed by atoms with Gasteiger partial charge < -0.3 is 5.32 Å². The van der Waals surface area contributed by atoms with Crippen LogP contribution >= 0.6 is 11.8 Å². The van der Waals surface area contributed by atoms with Crippen LogP contribution in [0.25, 0.3) is 0 Å². The van der Waals surface area contributed by atoms with E-state index in [2.05, 4.69) is 5.32 Å². The molecule has 1 atom stereocenters. The van der Waals surface area contributed by atoms with Crippen molar-refractivity contribution in [2.24, 2.45) is 0 Å². The summed E-state index contributed by atoms with van der Waals surface area (Å²) in [5.41, 5.74) is 0.444. The molecule has 16 heavy (non-hydrogen) atoms. The van der Waals surface area contributed by atoms with Gasteiger partial charge in [-0.3, -0.25) is 0 Å². The Kier molecular flexibility index (Phi) is 5.77. The van der Waals surface area contributed by atoms with Gasteiger partial charge in [0.05, 0.1) is 0 Å². The third-order valence-corrected chi connectivity index (χ3v) is 3.07. The molecular weight excluding hydrogens is 228 g/mol. The van der Waals surface area contributed by atoms with Crippen LogP contribution in [0.4, 0.5) is 8.78 Å². The lowest BCUT2D eigenvalue weighted by Crippen LogP contribution is -2.33. The summed E-state index contributed by atoms with van der Waals surface area (Å²) < 4.78 is 26.4. The summed E-state index contributed by atoms with van der Waals surface area (Å²) in [5.74, 6) is 0.185. The normalized spacial score (nSPS) is 12.8. The van der Waals surface area contributed by atoms with E-state index >= 15 is 0 Å². The number of nitrogens with one attached hydrogen (secondary N) is 1. The molecule has 0 aliphatic carbocycles. The smallest absolute Gasteiger partial charge is 0.126 e. The Morgan fingerprint density at radius 2 is 2.12 bits per heavy atom. The average Bonchev–Trinajstić information content (AvgIpc) is 2.24. The molecule has 0 aliphatic heterocycles. The number of likely N-dealkylation sites (N-methyl/N-ethyl adjacent to an activating group) is 1. The quantitative estimate of drug-likeness (QED) is 0.827. The number of hydrogen-bond acceptors (Lipinski definition) is 2. The van der Waals surface area contributed by atoms with Crippen LogP contribution in [-0.2, 0) is 6.42 Å². The van der Waals surface area contributed by atoms with Crippen LogP contribution in [0.1, 0.15) is 12.5 Å². The van der Waals surface area contributed by atoms with E-state index in [-0.39, 0.29) is 17.7 Å². The van der Waals surface area contributed by atoms with Gasteiger partial charge in [0.25, 0.3) is 0 Å². The summed E-state index contributed by atoms with van der Waals surface area (Å²) in [6.45, 7) is 2.84. The van der Waals surface area contributed by atoms with Crippen LogP contribution < -0.4 is 5.32 Å². The molecule has 0 fully saturated rings. The van der Waals surface area contributed by atoms with Gasteiger partial charge in [-0.15, -0.1) is 0 Å². The zero-order chi connectivity index (χ0) is 12.0. The largest absolute Gasteiger partial charge is 0.313 e. The van der Waals surface area contributed by atoms with E-state index in [0.717, 1.165) is 18.4 Å². The highest BCUT2D eigenvalue weighted by molar-refractivity contribution is 7.98. The molecule has 1 aromatic rings. The maximum absolute atomic E-state index is 13.4. The molecule has 0 saturated heterocycles. The second kappa shape index (κ2) is 6.86. The Hall–Kier alpha value is -0.610. The summed E-state index contributed by atoms with van der Waals surface area (Å²) in [5, 5.41) is 3.27. The highest BCUT2D eigenvalue weighted by Crippen LogP contribution is 2.13. The van der Waals surface area contributed by atoms with E-state index in [9.17, 15) is 8.78 Å². The van der Waals surface area contributed by atoms with Crippen molar-refractivity contribution in [2.45, 2.75) is 19.4 Å². The van der Waals surface area contributed by atoms with Crippen LogP contribution in [0, 0.1) is 11.6 Å². The summed E-state index contributed by atoms with van der Waals surface area (Å²) in [6.07, 6.45) is 2.53. The summed E-state index contributed by atoms with van der Waals surface area (Å²) in [6, 6.07) is 3.80. The van der Waals surface area contributed by atoms with E-state index in [0.29, 0.717) is 12.0 Å². The first-order valence-electron chi connectivity index (χ1n) is 5.33. The first-order valence-corrected chi connectivity index (χ1v) is 6.73. The molecule has 0 saturated carbocycles. The first-order chi connectivity index (χ1) is 7.67. The van der Waals surface area contributed by atoms with E-state index in [4.69, 9.17) is 0 Å². The average molecular weight is 245 g/mol. The molecule has 4 heteroatoms. The van der Waals surface area contributed by atoms with Crippen molar-refractivity contribution >= 4 is 11.8 Å². The fourth-order valence-electron chi connectivity index (χ4n) is 1.65. The molecular formula is C12H17F2NS. The standard InChI is InChI=1S/C12H17F2NS/c1-3-15-11(8-16-2)7-9-6-10(13)4-5-12(9)14/h4-6,11,15H,3,7-8H2,1-2H3. The second-order valence-corrected chi connectivity index (χ2v) is 4.56. The third kappa shape index (κ3) is 4.10. The Morgan fingerprint density at radius 1 is 1.38 bits per heavy atom. The van der Waals surface area contributed by atoms with Gasteiger partial charge >= 0.3 is 0 Å². The van der Waals surface area contributed by atoms with E-state index in [1.807, 2.05) is 13.2 Å². The molecule has 90 valence electrons. The third-order valence-electron chi connectivity index (χ3n) is 2.33. The van der Waals surface area contributed by atoms with Gasteiger partial charge in [-0.1, -0.05) is 6.92 Å². The van der Waals surface area contributed by atoms with E-state index < -0.39 is 0 Å². The Labute approximate surface area is 99.6 Å². The van der Waals surface area contributed by atoms with Crippen molar-refractivity contribution in [3.63, 3.8) is 0 Å². The molecule has 0 radical (unpaired) electrons. The molecule has 0 aliphatic rings. The van der Waals surface area contributed by atoms with Crippen molar-refractivity contribution in [3.05, 3.63) is 35.4 Å². The minimum atomic E-state index is -0.379. The molecule has 0 heterocycles. The molecule has 1 nitrogen and oxygen atoms in total. The van der Waals surface area contributed by atoms with Crippen LogP contribution in [0.5, 0.6) is 0 Å². The Bertz CT molecular complexity index is 325. The maximum Gasteiger partial charge on any atom is 0.126 e. The van der Waals surface area contributed by atoms with Crippen LogP contribution in [-0.4, -0.2) is 24.6 Å². The van der Waals surface area contributed by atoms with Crippen molar-refractivity contribution in [1.29, 1.82) is 0 Å². The van der Waals surface area contributed by atoms with Crippen LogP contribution in [0.15, 0.2) is 18.2 Å². The lowest BCUT2D eigenvalue weighted by Gasteiger charge is -2.17. The Balaban J connectivity index is 2.71. The summed E-state index contributed by atoms with van der Waals surface area (Å²) in [7, 11) is 0. The number of thioether (sulfide) groups is 1. The molecule has 1 aromatic carbocycles. The van der Waals surface area contributed by atoms with E-state index in [1.165, 1.54) is 12.1 Å². The van der Waals surface area contributed by atoms with Crippen molar-refractivity contribution < 1.29 is 8.78 Å². The van der Waals surface area contributed by atoms with Gasteiger partial charge in [0.2, 0.25) is 0 Å². The molecule has 0 spiro atoms. The number of hydrogen-bond donors (Lipinski definition) is 1. The zero-order valence-electron chi connectivity index (χ0n) is 9.59. The summed E-state index contributed by atoms with van der Waals surface area (Å²) >= 11 is 1.70. The van der Waals surface area contributed by atoms with Crippen LogP contribution in [0.2, 0.25) is 0 Å². The predicted octanol–water partition coefficient (Wildman–Crippen LogP) is 2.85. The van der Waals surface area contributed by atoms with Gasteiger partial charge in [-0.2, -0.15) is 11.8 Å². The van der Waals surface area contributed by atoms with Gasteiger partial charge in [-0.05, 0) is 43.0 Å². The van der Waals surface area contributed by atoms with Crippen molar-refractivity contribution in [3.8, 4) is 0 Å². The monoisotopic (exact) mass is 245 g/mol. The minimum Gasteiger partial charge on any atom is -0.313 e. The molecule has 1 unspecified atom stereocenters. The van der Waals surface area contributed by atoms with Crippen LogP contribution in [0.3, 0.4) is 0 Å². The lowest BCUT2D eigenvalue weighted by molar-refractivity contribution is 0.537. The first kappa shape index (κ1) is 13.5. The van der Waals surface area contributed by atoms with Gasteiger partial charge in [0.1, 0.15) is 11.6 Å². The SMILES string of the molecule is CCNC(CSC)Cc1cc(F)ccc1F. The minimum absolute atomic E-state index is 0.191. The molecule has 1 N–H and O–H groups in total. The fourth-order valence-corrected chi connectivity index (χ4v) is 2.28. The molecule has 1 rings (SSSR count). The molecule has 0 amide bonds. The lowest BCUT2D eigenvalue weighted by atomic mass is 10.1. The molecule has 0 aromatic heterocycles. The van der Waals surface area contributed by atoms with Crippen molar-refractivity contribution in [1.82, 2.24) is 5.32 Å². The Morgan fingerprint density at radius 3 is 2.75 bits per heavy atom.